The van der Waals surface area contributed by atoms with Crippen LogP contribution in [0, 0.1) is 0 Å². The highest BCUT2D eigenvalue weighted by molar-refractivity contribution is 6.35. The number of carbonyl (C=O) groups is 2. The minimum Gasteiger partial charge on any atom is -0.391 e. The van der Waals surface area contributed by atoms with Crippen molar-refractivity contribution < 1.29 is 19.4 Å². The van der Waals surface area contributed by atoms with E-state index in [1.54, 1.807) is 12.1 Å². The molecule has 0 saturated heterocycles. The van der Waals surface area contributed by atoms with Crippen LogP contribution in [0.1, 0.15) is 12.5 Å². The van der Waals surface area contributed by atoms with Gasteiger partial charge in [0, 0.05) is 10.0 Å². The molecule has 0 aromatic heterocycles. The summed E-state index contributed by atoms with van der Waals surface area (Å²) >= 11 is 11.5. The van der Waals surface area contributed by atoms with Crippen LogP contribution < -0.4 is 0 Å². The predicted molar refractivity (Wildman–Crippen MR) is 62.9 cm³/mol. The topological polar surface area (TPSA) is 63.6 Å². The fourth-order valence-electron chi connectivity index (χ4n) is 1.05. The van der Waals surface area contributed by atoms with Crippen molar-refractivity contribution in [2.45, 2.75) is 19.4 Å². The van der Waals surface area contributed by atoms with E-state index >= 15 is 0 Å². The molecule has 1 unspecified atom stereocenters. The Morgan fingerprint density at radius 3 is 2.59 bits per heavy atom. The second kappa shape index (κ2) is 6.00. The number of hydrogen-bond acceptors (Lipinski definition) is 4. The number of aliphatic hydroxyl groups excluding tert-OH is 1. The number of aliphatic hydroxyl groups is 1. The molecule has 0 aliphatic rings. The average Bonchev–Trinajstić information content (AvgIpc) is 2.22. The van der Waals surface area contributed by atoms with Crippen LogP contribution in [0.2, 0.25) is 10.0 Å². The molecule has 0 amide bonds. The first kappa shape index (κ1) is 14.0. The van der Waals surface area contributed by atoms with Gasteiger partial charge in [-0.2, -0.15) is 0 Å². The Balaban J connectivity index is 2.65. The molecular weight excluding hydrogens is 267 g/mol. The van der Waals surface area contributed by atoms with Gasteiger partial charge in [-0.3, -0.25) is 4.79 Å². The van der Waals surface area contributed by atoms with E-state index in [-0.39, 0.29) is 6.42 Å². The zero-order valence-corrected chi connectivity index (χ0v) is 10.5. The maximum atomic E-state index is 11.3. The monoisotopic (exact) mass is 276 g/mol. The summed E-state index contributed by atoms with van der Waals surface area (Å²) in [7, 11) is 0. The second-order valence-electron chi connectivity index (χ2n) is 3.38. The molecule has 1 aromatic carbocycles. The smallest absolute Gasteiger partial charge is 0.342 e. The second-order valence-corrected chi connectivity index (χ2v) is 4.23. The lowest BCUT2D eigenvalue weighted by atomic mass is 10.1. The van der Waals surface area contributed by atoms with Crippen molar-refractivity contribution >= 4 is 35.1 Å². The highest BCUT2D eigenvalue weighted by atomic mass is 35.5. The molecule has 0 heterocycles. The van der Waals surface area contributed by atoms with E-state index in [0.29, 0.717) is 15.6 Å². The van der Waals surface area contributed by atoms with Crippen molar-refractivity contribution in [3.05, 3.63) is 33.8 Å². The summed E-state index contributed by atoms with van der Waals surface area (Å²) in [6, 6.07) is 4.63. The summed E-state index contributed by atoms with van der Waals surface area (Å²) in [5.74, 6) is -1.76. The number of hydrogen-bond donors (Lipinski definition) is 1. The van der Waals surface area contributed by atoms with Crippen LogP contribution in [0.15, 0.2) is 18.2 Å². The van der Waals surface area contributed by atoms with E-state index in [0.717, 1.165) is 0 Å². The van der Waals surface area contributed by atoms with Gasteiger partial charge in [0.15, 0.2) is 0 Å². The van der Waals surface area contributed by atoms with Crippen LogP contribution in [0.3, 0.4) is 0 Å². The molecule has 1 N–H and O–H groups in total. The molecule has 0 radical (unpaired) electrons. The van der Waals surface area contributed by atoms with Gasteiger partial charge >= 0.3 is 11.9 Å². The minimum atomic E-state index is -1.33. The Bertz CT molecular complexity index is 443. The standard InChI is InChI=1S/C11H10Cl2O4/c1-6(14)11(16)17-10(15)4-7-2-3-8(12)5-9(7)13/h2-3,5-6,14H,4H2,1H3. The SMILES string of the molecule is CC(O)C(=O)OC(=O)Cc1ccc(Cl)cc1Cl. The normalized spacial score (nSPS) is 12.0. The third-order valence-electron chi connectivity index (χ3n) is 1.91. The molecule has 4 nitrogen and oxygen atoms in total. The van der Waals surface area contributed by atoms with Gasteiger partial charge in [0.1, 0.15) is 6.10 Å². The Hall–Kier alpha value is -1.10. The van der Waals surface area contributed by atoms with Crippen LogP contribution in [0.25, 0.3) is 0 Å². The number of ether oxygens (including phenoxy) is 1. The van der Waals surface area contributed by atoms with E-state index in [1.807, 2.05) is 0 Å². The first-order valence-electron chi connectivity index (χ1n) is 4.76. The number of benzene rings is 1. The minimum absolute atomic E-state index is 0.158. The van der Waals surface area contributed by atoms with Gasteiger partial charge in [0.2, 0.25) is 0 Å². The molecule has 1 rings (SSSR count). The summed E-state index contributed by atoms with van der Waals surface area (Å²) in [6.45, 7) is 1.21. The number of carbonyl (C=O) groups excluding carboxylic acids is 2. The lowest BCUT2D eigenvalue weighted by Crippen LogP contribution is -2.23. The number of rotatable bonds is 3. The van der Waals surface area contributed by atoms with E-state index in [2.05, 4.69) is 4.74 Å². The molecule has 1 aromatic rings. The predicted octanol–water partition coefficient (Wildman–Crippen LogP) is 1.99. The molecule has 0 aliphatic carbocycles. The fraction of sp³-hybridized carbons (Fsp3) is 0.273. The van der Waals surface area contributed by atoms with Crippen LogP contribution in [-0.4, -0.2) is 23.1 Å². The van der Waals surface area contributed by atoms with Gasteiger partial charge in [-0.05, 0) is 24.6 Å². The van der Waals surface area contributed by atoms with Crippen molar-refractivity contribution in [2.24, 2.45) is 0 Å². The summed E-state index contributed by atoms with van der Waals surface area (Å²) in [6.07, 6.45) is -1.49. The van der Waals surface area contributed by atoms with Gasteiger partial charge < -0.3 is 9.84 Å². The highest BCUT2D eigenvalue weighted by Crippen LogP contribution is 2.21. The van der Waals surface area contributed by atoms with E-state index in [9.17, 15) is 9.59 Å². The molecule has 0 aliphatic heterocycles. The van der Waals surface area contributed by atoms with Crippen LogP contribution in [0.5, 0.6) is 0 Å². The van der Waals surface area contributed by atoms with Crippen molar-refractivity contribution in [1.29, 1.82) is 0 Å². The van der Waals surface area contributed by atoms with Crippen molar-refractivity contribution in [3.63, 3.8) is 0 Å². The maximum Gasteiger partial charge on any atom is 0.342 e. The van der Waals surface area contributed by atoms with Crippen molar-refractivity contribution in [3.8, 4) is 0 Å². The van der Waals surface area contributed by atoms with Crippen LogP contribution >= 0.6 is 23.2 Å². The quantitative estimate of drug-likeness (QED) is 0.677. The summed E-state index contributed by atoms with van der Waals surface area (Å²) in [4.78, 5) is 22.3. The summed E-state index contributed by atoms with van der Waals surface area (Å²) in [5.41, 5.74) is 0.499. The first-order valence-corrected chi connectivity index (χ1v) is 5.52. The third-order valence-corrected chi connectivity index (χ3v) is 2.49. The van der Waals surface area contributed by atoms with Gasteiger partial charge in [-0.1, -0.05) is 29.3 Å². The summed E-state index contributed by atoms with van der Waals surface area (Å²) < 4.78 is 4.38. The van der Waals surface area contributed by atoms with Gasteiger partial charge in [0.05, 0.1) is 6.42 Å². The molecule has 6 heteroatoms. The lowest BCUT2D eigenvalue weighted by Gasteiger charge is -2.06. The van der Waals surface area contributed by atoms with E-state index < -0.39 is 18.0 Å². The van der Waals surface area contributed by atoms with E-state index in [1.165, 1.54) is 13.0 Å². The van der Waals surface area contributed by atoms with Gasteiger partial charge in [0.25, 0.3) is 0 Å². The van der Waals surface area contributed by atoms with Crippen molar-refractivity contribution in [1.82, 2.24) is 0 Å². The Morgan fingerprint density at radius 1 is 1.41 bits per heavy atom. The molecular formula is C11H10Cl2O4. The molecule has 0 fully saturated rings. The zero-order chi connectivity index (χ0) is 13.0. The Kier molecular flexibility index (Phi) is 4.93. The largest absolute Gasteiger partial charge is 0.391 e. The molecule has 17 heavy (non-hydrogen) atoms. The third kappa shape index (κ3) is 4.34. The van der Waals surface area contributed by atoms with Crippen molar-refractivity contribution in [2.75, 3.05) is 0 Å². The molecule has 1 atom stereocenters. The molecule has 0 spiro atoms. The van der Waals surface area contributed by atoms with Gasteiger partial charge in [-0.25, -0.2) is 4.79 Å². The van der Waals surface area contributed by atoms with Crippen LogP contribution in [0.4, 0.5) is 0 Å². The average molecular weight is 277 g/mol. The first-order chi connectivity index (χ1) is 7.90. The fourth-order valence-corrected chi connectivity index (χ4v) is 1.53. The molecule has 0 bridgehead atoms. The highest BCUT2D eigenvalue weighted by Gasteiger charge is 2.16. The molecule has 92 valence electrons. The Morgan fingerprint density at radius 2 is 2.06 bits per heavy atom. The Labute approximate surface area is 108 Å². The number of esters is 2. The maximum absolute atomic E-state index is 11.3. The van der Waals surface area contributed by atoms with Crippen LogP contribution in [-0.2, 0) is 20.7 Å². The summed E-state index contributed by atoms with van der Waals surface area (Å²) in [5, 5.41) is 9.63. The molecule has 0 saturated carbocycles. The lowest BCUT2D eigenvalue weighted by molar-refractivity contribution is -0.164. The zero-order valence-electron chi connectivity index (χ0n) is 8.94. The number of halogens is 2. The van der Waals surface area contributed by atoms with E-state index in [4.69, 9.17) is 28.3 Å². The van der Waals surface area contributed by atoms with Gasteiger partial charge in [-0.15, -0.1) is 0 Å².